The van der Waals surface area contributed by atoms with Crippen molar-refractivity contribution in [2.45, 2.75) is 38.1 Å². The molecule has 0 bridgehead atoms. The van der Waals surface area contributed by atoms with Gasteiger partial charge in [-0.25, -0.2) is 8.42 Å². The zero-order chi connectivity index (χ0) is 23.3. The molecular formula is C25H28N2O4S. The quantitative estimate of drug-likeness (QED) is 0.538. The van der Waals surface area contributed by atoms with Gasteiger partial charge in [0.1, 0.15) is 11.8 Å². The second kappa shape index (κ2) is 9.97. The van der Waals surface area contributed by atoms with Gasteiger partial charge in [-0.15, -0.1) is 0 Å². The fraction of sp³-hybridized carbons (Fsp3) is 0.240. The number of aryl methyl sites for hydroxylation is 3. The Morgan fingerprint density at radius 1 is 0.938 bits per heavy atom. The van der Waals surface area contributed by atoms with Crippen molar-refractivity contribution in [3.05, 3.63) is 89.0 Å². The first-order chi connectivity index (χ1) is 15.2. The third-order valence-electron chi connectivity index (χ3n) is 5.06. The molecule has 0 radical (unpaired) electrons. The number of hydrogen-bond acceptors (Lipinski definition) is 4. The highest BCUT2D eigenvalue weighted by atomic mass is 32.2. The van der Waals surface area contributed by atoms with Crippen molar-refractivity contribution in [3.63, 3.8) is 0 Å². The summed E-state index contributed by atoms with van der Waals surface area (Å²) in [5.74, 6) is 0.171. The lowest BCUT2D eigenvalue weighted by molar-refractivity contribution is -0.117. The topological polar surface area (TPSA) is 84.5 Å². The maximum absolute atomic E-state index is 13.2. The largest absolute Gasteiger partial charge is 0.496 e. The van der Waals surface area contributed by atoms with E-state index in [0.717, 1.165) is 16.7 Å². The van der Waals surface area contributed by atoms with Gasteiger partial charge in [-0.05, 0) is 79.8 Å². The zero-order valence-corrected chi connectivity index (χ0v) is 19.5. The smallest absolute Gasteiger partial charge is 0.242 e. The minimum absolute atomic E-state index is 0.0769. The van der Waals surface area contributed by atoms with Crippen LogP contribution >= 0.6 is 0 Å². The first kappa shape index (κ1) is 23.5. The number of methoxy groups -OCH3 is 1. The van der Waals surface area contributed by atoms with E-state index >= 15 is 0 Å². The molecule has 32 heavy (non-hydrogen) atoms. The molecule has 3 aromatic rings. The fourth-order valence-electron chi connectivity index (χ4n) is 3.59. The predicted octanol–water partition coefficient (Wildman–Crippen LogP) is 4.15. The van der Waals surface area contributed by atoms with Crippen LogP contribution in [0, 0.1) is 20.8 Å². The molecule has 0 spiro atoms. The number of benzene rings is 3. The summed E-state index contributed by atoms with van der Waals surface area (Å²) in [4.78, 5) is 13.2. The molecule has 0 fully saturated rings. The lowest BCUT2D eigenvalue weighted by Crippen LogP contribution is -2.45. The third kappa shape index (κ3) is 5.96. The molecule has 0 aliphatic heterocycles. The van der Waals surface area contributed by atoms with Gasteiger partial charge in [0.25, 0.3) is 0 Å². The summed E-state index contributed by atoms with van der Waals surface area (Å²) in [5.41, 5.74) is 4.19. The van der Waals surface area contributed by atoms with E-state index in [2.05, 4.69) is 10.0 Å². The van der Waals surface area contributed by atoms with Crippen molar-refractivity contribution >= 4 is 21.6 Å². The van der Waals surface area contributed by atoms with Crippen LogP contribution < -0.4 is 14.8 Å². The second-order valence-corrected chi connectivity index (χ2v) is 9.57. The average Bonchev–Trinajstić information content (AvgIpc) is 2.73. The lowest BCUT2D eigenvalue weighted by atomic mass is 10.1. The number of rotatable bonds is 8. The van der Waals surface area contributed by atoms with Gasteiger partial charge in [0, 0.05) is 5.69 Å². The van der Waals surface area contributed by atoms with E-state index in [0.29, 0.717) is 17.0 Å². The van der Waals surface area contributed by atoms with Gasteiger partial charge in [-0.3, -0.25) is 4.79 Å². The zero-order valence-electron chi connectivity index (χ0n) is 18.7. The number of sulfonamides is 1. The highest BCUT2D eigenvalue weighted by molar-refractivity contribution is 7.89. The highest BCUT2D eigenvalue weighted by Gasteiger charge is 2.27. The number of amides is 1. The average molecular weight is 453 g/mol. The molecule has 7 heteroatoms. The number of nitrogens with one attached hydrogen (secondary N) is 2. The van der Waals surface area contributed by atoms with Crippen LogP contribution in [-0.4, -0.2) is 27.5 Å². The fourth-order valence-corrected chi connectivity index (χ4v) is 4.87. The second-order valence-electron chi connectivity index (χ2n) is 7.86. The molecule has 0 unspecified atom stereocenters. The Labute approximate surface area is 189 Å². The van der Waals surface area contributed by atoms with Gasteiger partial charge < -0.3 is 10.1 Å². The molecule has 0 saturated heterocycles. The summed E-state index contributed by atoms with van der Waals surface area (Å²) >= 11 is 0. The van der Waals surface area contributed by atoms with Gasteiger partial charge in [-0.1, -0.05) is 36.4 Å². The van der Waals surface area contributed by atoms with Crippen LogP contribution in [-0.2, 0) is 21.2 Å². The molecule has 1 atom stereocenters. The maximum atomic E-state index is 13.2. The molecule has 3 aromatic carbocycles. The van der Waals surface area contributed by atoms with E-state index in [9.17, 15) is 13.2 Å². The van der Waals surface area contributed by atoms with Crippen LogP contribution in [0.3, 0.4) is 0 Å². The highest BCUT2D eigenvalue weighted by Crippen LogP contribution is 2.22. The van der Waals surface area contributed by atoms with Crippen molar-refractivity contribution < 1.29 is 17.9 Å². The molecule has 0 aromatic heterocycles. The molecule has 0 heterocycles. The first-order valence-corrected chi connectivity index (χ1v) is 11.8. The minimum Gasteiger partial charge on any atom is -0.496 e. The van der Waals surface area contributed by atoms with Crippen LogP contribution in [0.5, 0.6) is 5.75 Å². The molecule has 0 saturated carbocycles. The van der Waals surface area contributed by atoms with Gasteiger partial charge >= 0.3 is 0 Å². The van der Waals surface area contributed by atoms with Crippen molar-refractivity contribution in [1.29, 1.82) is 0 Å². The van der Waals surface area contributed by atoms with E-state index in [-0.39, 0.29) is 11.3 Å². The Hall–Kier alpha value is -3.16. The normalized spacial score (nSPS) is 12.2. The van der Waals surface area contributed by atoms with Crippen LogP contribution in [0.4, 0.5) is 5.69 Å². The van der Waals surface area contributed by atoms with Crippen molar-refractivity contribution in [3.8, 4) is 5.75 Å². The van der Waals surface area contributed by atoms with Crippen LogP contribution in [0.1, 0.15) is 22.3 Å². The Bertz CT molecular complexity index is 1190. The summed E-state index contributed by atoms with van der Waals surface area (Å²) in [5, 5.41) is 2.86. The summed E-state index contributed by atoms with van der Waals surface area (Å²) in [6, 6.07) is 18.6. The molecule has 3 rings (SSSR count). The summed E-state index contributed by atoms with van der Waals surface area (Å²) in [6.07, 6.45) is 0.214. The lowest BCUT2D eigenvalue weighted by Gasteiger charge is -2.19. The first-order valence-electron chi connectivity index (χ1n) is 10.3. The monoisotopic (exact) mass is 452 g/mol. The molecule has 1 amide bonds. The summed E-state index contributed by atoms with van der Waals surface area (Å²) < 4.78 is 34.0. The van der Waals surface area contributed by atoms with Crippen LogP contribution in [0.2, 0.25) is 0 Å². The van der Waals surface area contributed by atoms with E-state index in [1.165, 1.54) is 19.2 Å². The summed E-state index contributed by atoms with van der Waals surface area (Å²) in [7, 11) is -2.42. The van der Waals surface area contributed by atoms with E-state index in [4.69, 9.17) is 4.74 Å². The van der Waals surface area contributed by atoms with Crippen molar-refractivity contribution in [2.24, 2.45) is 0 Å². The Morgan fingerprint density at radius 2 is 1.59 bits per heavy atom. The number of anilines is 1. The van der Waals surface area contributed by atoms with Crippen LogP contribution in [0.15, 0.2) is 71.6 Å². The third-order valence-corrected chi connectivity index (χ3v) is 6.53. The van der Waals surface area contributed by atoms with Crippen LogP contribution in [0.25, 0.3) is 0 Å². The van der Waals surface area contributed by atoms with Crippen molar-refractivity contribution in [2.75, 3.05) is 12.4 Å². The van der Waals surface area contributed by atoms with E-state index in [1.54, 1.807) is 13.0 Å². The van der Waals surface area contributed by atoms with E-state index in [1.807, 2.05) is 62.4 Å². The number of hydrogen-bond donors (Lipinski definition) is 2. The number of carbonyl (C=O) groups excluding carboxylic acids is 1. The molecule has 0 aliphatic carbocycles. The van der Waals surface area contributed by atoms with Gasteiger partial charge in [-0.2, -0.15) is 4.72 Å². The minimum atomic E-state index is -3.95. The maximum Gasteiger partial charge on any atom is 0.242 e. The van der Waals surface area contributed by atoms with Gasteiger partial charge in [0.15, 0.2) is 0 Å². The Kier molecular flexibility index (Phi) is 7.33. The Balaban J connectivity index is 1.89. The molecular weight excluding hydrogens is 424 g/mol. The predicted molar refractivity (Wildman–Crippen MR) is 127 cm³/mol. The summed E-state index contributed by atoms with van der Waals surface area (Å²) in [6.45, 7) is 5.66. The van der Waals surface area contributed by atoms with Gasteiger partial charge in [0.05, 0.1) is 12.0 Å². The molecule has 168 valence electrons. The van der Waals surface area contributed by atoms with E-state index < -0.39 is 22.0 Å². The number of carbonyl (C=O) groups is 1. The molecule has 6 nitrogen and oxygen atoms in total. The Morgan fingerprint density at radius 3 is 2.19 bits per heavy atom. The van der Waals surface area contributed by atoms with Crippen molar-refractivity contribution in [1.82, 2.24) is 4.72 Å². The molecule has 0 aliphatic rings. The standard InChI is InChI=1S/C25H28N2O4S/c1-17-12-18(2)14-21(13-17)26-25(28)23(16-20-8-6-5-7-9-20)27-32(29,30)22-10-11-24(31-4)19(3)15-22/h5-15,23,27H,16H2,1-4H3,(H,26,28)/t23-/m0/s1. The number of ether oxygens (including phenoxy) is 1. The van der Waals surface area contributed by atoms with Gasteiger partial charge in [0.2, 0.25) is 15.9 Å². The molecule has 2 N–H and O–H groups in total. The SMILES string of the molecule is COc1ccc(S(=O)(=O)N[C@@H](Cc2ccccc2)C(=O)Nc2cc(C)cc(C)c2)cc1C.